The van der Waals surface area contributed by atoms with Crippen molar-refractivity contribution in [3.8, 4) is 33.6 Å². The van der Waals surface area contributed by atoms with Gasteiger partial charge in [-0.2, -0.15) is 0 Å². The Balaban J connectivity index is 1.32. The van der Waals surface area contributed by atoms with Crippen molar-refractivity contribution in [2.45, 2.75) is 0 Å². The van der Waals surface area contributed by atoms with Crippen molar-refractivity contribution in [2.24, 2.45) is 0 Å². The molecule has 2 heterocycles. The molecular formula is C28H18ClN3. The van der Waals surface area contributed by atoms with Gasteiger partial charge in [-0.25, -0.2) is 9.50 Å². The summed E-state index contributed by atoms with van der Waals surface area (Å²) >= 11 is 6.11. The normalized spacial score (nSPS) is 11.3. The zero-order valence-corrected chi connectivity index (χ0v) is 17.9. The van der Waals surface area contributed by atoms with Gasteiger partial charge in [0.2, 0.25) is 0 Å². The summed E-state index contributed by atoms with van der Waals surface area (Å²) in [5.41, 5.74) is 6.42. The topological polar surface area (TPSA) is 30.2 Å². The number of halogens is 1. The first kappa shape index (κ1) is 18.8. The Kier molecular flexibility index (Phi) is 4.48. The fourth-order valence-corrected chi connectivity index (χ4v) is 4.20. The summed E-state index contributed by atoms with van der Waals surface area (Å²) in [5, 5.41) is 7.78. The van der Waals surface area contributed by atoms with Crippen LogP contribution in [0.4, 0.5) is 0 Å². The van der Waals surface area contributed by atoms with Crippen LogP contribution in [0, 0.1) is 0 Å². The fraction of sp³-hybridized carbons (Fsp3) is 0. The van der Waals surface area contributed by atoms with Crippen molar-refractivity contribution in [1.29, 1.82) is 0 Å². The highest BCUT2D eigenvalue weighted by Gasteiger charge is 2.09. The van der Waals surface area contributed by atoms with E-state index in [1.54, 1.807) is 0 Å². The Hall–Kier alpha value is -3.95. The molecule has 0 atom stereocenters. The van der Waals surface area contributed by atoms with E-state index in [0.717, 1.165) is 44.1 Å². The summed E-state index contributed by atoms with van der Waals surface area (Å²) in [6, 6.07) is 35.2. The molecule has 0 fully saturated rings. The van der Waals surface area contributed by atoms with Gasteiger partial charge in [0.25, 0.3) is 0 Å². The number of nitrogens with zero attached hydrogens (tertiary/aromatic N) is 3. The Morgan fingerprint density at radius 3 is 2.06 bits per heavy atom. The molecule has 0 saturated heterocycles. The van der Waals surface area contributed by atoms with Crippen molar-refractivity contribution < 1.29 is 0 Å². The lowest BCUT2D eigenvalue weighted by Gasteiger charge is -2.05. The van der Waals surface area contributed by atoms with Crippen molar-refractivity contribution in [3.63, 3.8) is 0 Å². The number of rotatable bonds is 3. The lowest BCUT2D eigenvalue weighted by molar-refractivity contribution is 0.967. The number of hydrogen-bond acceptors (Lipinski definition) is 2. The molecule has 0 unspecified atom stereocenters. The second kappa shape index (κ2) is 7.63. The largest absolute Gasteiger partial charge is 0.220 e. The van der Waals surface area contributed by atoms with Gasteiger partial charge < -0.3 is 0 Å². The molecule has 32 heavy (non-hydrogen) atoms. The molecule has 152 valence electrons. The van der Waals surface area contributed by atoms with Crippen LogP contribution < -0.4 is 0 Å². The molecule has 0 bridgehead atoms. The molecule has 2 aromatic heterocycles. The highest BCUT2D eigenvalue weighted by molar-refractivity contribution is 6.31. The van der Waals surface area contributed by atoms with Gasteiger partial charge in [0.05, 0.1) is 0 Å². The van der Waals surface area contributed by atoms with Gasteiger partial charge in [0, 0.05) is 22.3 Å². The molecule has 0 aliphatic carbocycles. The van der Waals surface area contributed by atoms with Crippen LogP contribution in [-0.2, 0) is 0 Å². The predicted molar refractivity (Wildman–Crippen MR) is 132 cm³/mol. The van der Waals surface area contributed by atoms with Crippen molar-refractivity contribution >= 4 is 28.0 Å². The van der Waals surface area contributed by atoms with E-state index < -0.39 is 0 Å². The Morgan fingerprint density at radius 1 is 0.562 bits per heavy atom. The van der Waals surface area contributed by atoms with Crippen LogP contribution in [0.2, 0.25) is 5.02 Å². The van der Waals surface area contributed by atoms with E-state index in [9.17, 15) is 0 Å². The molecular weight excluding hydrogens is 414 g/mol. The quantitative estimate of drug-likeness (QED) is 0.289. The highest BCUT2D eigenvalue weighted by Crippen LogP contribution is 2.28. The molecule has 4 aromatic carbocycles. The zero-order valence-electron chi connectivity index (χ0n) is 17.1. The van der Waals surface area contributed by atoms with Gasteiger partial charge in [0.1, 0.15) is 0 Å². The SMILES string of the molecule is Clc1ccc2cc(-c3ccc(-c4nc5ccc(-c6ccccc6)cn5n4)cc3)ccc2c1. The second-order valence-corrected chi connectivity index (χ2v) is 8.24. The molecule has 0 spiro atoms. The van der Waals surface area contributed by atoms with Crippen molar-refractivity contribution in [2.75, 3.05) is 0 Å². The Morgan fingerprint density at radius 2 is 1.22 bits per heavy atom. The van der Waals surface area contributed by atoms with Crippen LogP contribution in [0.5, 0.6) is 0 Å². The number of hydrogen-bond donors (Lipinski definition) is 0. The lowest BCUT2D eigenvalue weighted by atomic mass is 10.0. The maximum Gasteiger partial charge on any atom is 0.182 e. The van der Waals surface area contributed by atoms with E-state index in [0.29, 0.717) is 0 Å². The number of pyridine rings is 1. The third kappa shape index (κ3) is 3.43. The van der Waals surface area contributed by atoms with Gasteiger partial charge in [-0.1, -0.05) is 84.4 Å². The van der Waals surface area contributed by atoms with Gasteiger partial charge in [-0.3, -0.25) is 0 Å². The second-order valence-electron chi connectivity index (χ2n) is 7.81. The van der Waals surface area contributed by atoms with Gasteiger partial charge >= 0.3 is 0 Å². The minimum Gasteiger partial charge on any atom is -0.220 e. The molecule has 0 amide bonds. The molecule has 0 N–H and O–H groups in total. The maximum absolute atomic E-state index is 6.11. The summed E-state index contributed by atoms with van der Waals surface area (Å²) in [6.45, 7) is 0. The molecule has 4 heteroatoms. The minimum absolute atomic E-state index is 0.718. The van der Waals surface area contributed by atoms with Crippen LogP contribution in [0.1, 0.15) is 0 Å². The van der Waals surface area contributed by atoms with E-state index in [2.05, 4.69) is 66.7 Å². The van der Waals surface area contributed by atoms with Crippen LogP contribution in [-0.4, -0.2) is 14.6 Å². The zero-order chi connectivity index (χ0) is 21.5. The smallest absolute Gasteiger partial charge is 0.182 e. The maximum atomic E-state index is 6.11. The van der Waals surface area contributed by atoms with Crippen LogP contribution in [0.3, 0.4) is 0 Å². The standard InChI is InChI=1S/C28H18ClN3/c29-26-14-12-23-16-22(10-11-24(23)17-26)20-6-8-21(9-7-20)28-30-27-15-13-25(18-32(27)31-28)19-4-2-1-3-5-19/h1-18H. The average molecular weight is 432 g/mol. The fourth-order valence-electron chi connectivity index (χ4n) is 4.01. The van der Waals surface area contributed by atoms with E-state index in [1.807, 2.05) is 47.1 Å². The van der Waals surface area contributed by atoms with Crippen molar-refractivity contribution in [3.05, 3.63) is 114 Å². The van der Waals surface area contributed by atoms with Crippen LogP contribution in [0.15, 0.2) is 109 Å². The highest BCUT2D eigenvalue weighted by atomic mass is 35.5. The summed E-state index contributed by atoms with van der Waals surface area (Å²) in [6.07, 6.45) is 2.02. The predicted octanol–water partition coefficient (Wildman–Crippen LogP) is 7.54. The van der Waals surface area contributed by atoms with Gasteiger partial charge in [-0.15, -0.1) is 5.10 Å². The molecule has 6 aromatic rings. The van der Waals surface area contributed by atoms with Gasteiger partial charge in [0.15, 0.2) is 11.5 Å². The Labute approximate surface area is 190 Å². The molecule has 6 rings (SSSR count). The summed E-state index contributed by atoms with van der Waals surface area (Å²) < 4.78 is 1.85. The molecule has 0 saturated carbocycles. The number of aromatic nitrogens is 3. The van der Waals surface area contributed by atoms with E-state index in [1.165, 1.54) is 10.9 Å². The number of fused-ring (bicyclic) bond motifs is 2. The first-order valence-electron chi connectivity index (χ1n) is 10.4. The molecule has 0 radical (unpaired) electrons. The van der Waals surface area contributed by atoms with Crippen LogP contribution in [0.25, 0.3) is 50.1 Å². The van der Waals surface area contributed by atoms with E-state index >= 15 is 0 Å². The first-order valence-corrected chi connectivity index (χ1v) is 10.8. The Bertz CT molecular complexity index is 1570. The average Bonchev–Trinajstić information content (AvgIpc) is 3.28. The van der Waals surface area contributed by atoms with E-state index in [4.69, 9.17) is 21.7 Å². The lowest BCUT2D eigenvalue weighted by Crippen LogP contribution is -1.89. The summed E-state index contributed by atoms with van der Waals surface area (Å²) in [4.78, 5) is 4.71. The van der Waals surface area contributed by atoms with Crippen molar-refractivity contribution in [1.82, 2.24) is 14.6 Å². The molecule has 0 aliphatic heterocycles. The van der Waals surface area contributed by atoms with Gasteiger partial charge in [-0.05, 0) is 57.8 Å². The van der Waals surface area contributed by atoms with Crippen LogP contribution >= 0.6 is 11.6 Å². The molecule has 3 nitrogen and oxygen atoms in total. The third-order valence-corrected chi connectivity index (χ3v) is 5.95. The minimum atomic E-state index is 0.718. The number of benzene rings is 4. The molecule has 0 aliphatic rings. The van der Waals surface area contributed by atoms with E-state index in [-0.39, 0.29) is 0 Å². The third-order valence-electron chi connectivity index (χ3n) is 5.72. The first-order chi connectivity index (χ1) is 15.7. The summed E-state index contributed by atoms with van der Waals surface area (Å²) in [7, 11) is 0. The summed E-state index contributed by atoms with van der Waals surface area (Å²) in [5.74, 6) is 0.718. The monoisotopic (exact) mass is 431 g/mol.